The summed E-state index contributed by atoms with van der Waals surface area (Å²) >= 11 is 0. The molecular weight excluding hydrogens is 190 g/mol. The molecular formula is C11H13N3O. The van der Waals surface area contributed by atoms with Gasteiger partial charge in [-0.25, -0.2) is 0 Å². The van der Waals surface area contributed by atoms with Crippen molar-refractivity contribution in [3.8, 4) is 0 Å². The maximum absolute atomic E-state index is 11.6. The van der Waals surface area contributed by atoms with Crippen molar-refractivity contribution in [1.82, 2.24) is 0 Å². The molecule has 0 bridgehead atoms. The van der Waals surface area contributed by atoms with Gasteiger partial charge in [-0.15, -0.1) is 0 Å². The molecule has 1 aliphatic heterocycles. The Balaban J connectivity index is 2.42. The van der Waals surface area contributed by atoms with E-state index in [9.17, 15) is 4.79 Å². The number of amidine groups is 1. The van der Waals surface area contributed by atoms with Crippen LogP contribution in [0.2, 0.25) is 0 Å². The highest BCUT2D eigenvalue weighted by atomic mass is 16.2. The van der Waals surface area contributed by atoms with Crippen LogP contribution in [0.5, 0.6) is 0 Å². The van der Waals surface area contributed by atoms with E-state index in [0.717, 1.165) is 11.3 Å². The van der Waals surface area contributed by atoms with Crippen LogP contribution in [-0.2, 0) is 4.79 Å². The highest BCUT2D eigenvalue weighted by Gasteiger charge is 2.24. The molecule has 0 unspecified atom stereocenters. The number of anilines is 1. The predicted molar refractivity (Wildman–Crippen MR) is 59.6 cm³/mol. The molecule has 1 amide bonds. The molecule has 0 fully saturated rings. The summed E-state index contributed by atoms with van der Waals surface area (Å²) in [4.78, 5) is 11.6. The summed E-state index contributed by atoms with van der Waals surface area (Å²) in [6, 6.07) is 5.87. The maximum Gasteiger partial charge on any atom is 0.255 e. The summed E-state index contributed by atoms with van der Waals surface area (Å²) < 4.78 is 0. The summed E-state index contributed by atoms with van der Waals surface area (Å²) in [6.07, 6.45) is 0.216. The number of hydrogen-bond acceptors (Lipinski definition) is 3. The number of hydrazone groups is 1. The van der Waals surface area contributed by atoms with Crippen LogP contribution in [0.3, 0.4) is 0 Å². The number of aryl methyl sites for hydroxylation is 2. The van der Waals surface area contributed by atoms with Crippen molar-refractivity contribution >= 4 is 17.4 Å². The summed E-state index contributed by atoms with van der Waals surface area (Å²) in [5, 5.41) is 5.39. The zero-order chi connectivity index (χ0) is 11.0. The Morgan fingerprint density at radius 3 is 2.67 bits per heavy atom. The number of benzene rings is 1. The lowest BCUT2D eigenvalue weighted by Crippen LogP contribution is -2.20. The van der Waals surface area contributed by atoms with Gasteiger partial charge in [-0.05, 0) is 25.5 Å². The van der Waals surface area contributed by atoms with E-state index in [0.29, 0.717) is 5.84 Å². The molecule has 0 radical (unpaired) electrons. The van der Waals surface area contributed by atoms with Crippen molar-refractivity contribution in [3.05, 3.63) is 29.3 Å². The Kier molecular flexibility index (Phi) is 2.19. The second kappa shape index (κ2) is 3.38. The van der Waals surface area contributed by atoms with Gasteiger partial charge in [0.25, 0.3) is 5.91 Å². The van der Waals surface area contributed by atoms with Crippen molar-refractivity contribution in [2.24, 2.45) is 10.8 Å². The van der Waals surface area contributed by atoms with Gasteiger partial charge in [0, 0.05) is 0 Å². The minimum absolute atomic E-state index is 0.0700. The average molecular weight is 203 g/mol. The third kappa shape index (κ3) is 1.70. The lowest BCUT2D eigenvalue weighted by atomic mass is 10.1. The molecule has 0 saturated heterocycles. The lowest BCUT2D eigenvalue weighted by molar-refractivity contribution is -0.116. The highest BCUT2D eigenvalue weighted by Crippen LogP contribution is 2.24. The molecule has 1 aromatic rings. The van der Waals surface area contributed by atoms with Gasteiger partial charge in [-0.1, -0.05) is 17.7 Å². The Labute approximate surface area is 88.4 Å². The Hall–Kier alpha value is -1.84. The van der Waals surface area contributed by atoms with Crippen molar-refractivity contribution in [3.63, 3.8) is 0 Å². The first-order valence-electron chi connectivity index (χ1n) is 4.81. The summed E-state index contributed by atoms with van der Waals surface area (Å²) in [5.74, 6) is 0.305. The third-order valence-electron chi connectivity index (χ3n) is 2.38. The number of carbonyl (C=O) groups is 1. The van der Waals surface area contributed by atoms with E-state index >= 15 is 0 Å². The van der Waals surface area contributed by atoms with Crippen LogP contribution in [0.1, 0.15) is 17.5 Å². The molecule has 4 nitrogen and oxygen atoms in total. The molecule has 0 atom stereocenters. The van der Waals surface area contributed by atoms with E-state index in [1.165, 1.54) is 10.6 Å². The van der Waals surface area contributed by atoms with Crippen molar-refractivity contribution in [1.29, 1.82) is 0 Å². The van der Waals surface area contributed by atoms with E-state index in [1.807, 2.05) is 32.0 Å². The average Bonchev–Trinajstić information content (AvgIpc) is 2.45. The van der Waals surface area contributed by atoms with Crippen LogP contribution in [-0.4, -0.2) is 11.7 Å². The summed E-state index contributed by atoms with van der Waals surface area (Å²) in [5.41, 5.74) is 8.53. The van der Waals surface area contributed by atoms with Gasteiger partial charge in [0.05, 0.1) is 12.1 Å². The van der Waals surface area contributed by atoms with Crippen LogP contribution in [0.25, 0.3) is 0 Å². The van der Waals surface area contributed by atoms with Gasteiger partial charge in [0.15, 0.2) is 0 Å². The van der Waals surface area contributed by atoms with Crippen molar-refractivity contribution in [2.45, 2.75) is 20.3 Å². The quantitative estimate of drug-likeness (QED) is 0.748. The predicted octanol–water partition coefficient (Wildman–Crippen LogP) is 1.31. The van der Waals surface area contributed by atoms with Crippen LogP contribution < -0.4 is 10.7 Å². The Morgan fingerprint density at radius 2 is 2.13 bits per heavy atom. The number of carbonyl (C=O) groups excluding carboxylic acids is 1. The van der Waals surface area contributed by atoms with Gasteiger partial charge < -0.3 is 5.73 Å². The first-order chi connectivity index (χ1) is 7.08. The molecule has 78 valence electrons. The Morgan fingerprint density at radius 1 is 1.40 bits per heavy atom. The molecule has 0 saturated carbocycles. The molecule has 2 rings (SSSR count). The number of amides is 1. The molecule has 4 heteroatoms. The van der Waals surface area contributed by atoms with Crippen LogP contribution in [0.4, 0.5) is 5.69 Å². The first-order valence-corrected chi connectivity index (χ1v) is 4.81. The normalized spacial score (nSPS) is 15.7. The second-order valence-electron chi connectivity index (χ2n) is 3.76. The molecule has 1 aromatic carbocycles. The standard InChI is InChI=1S/C11H13N3O/c1-7-3-4-9(8(2)5-7)14-11(15)6-10(12)13-14/h3-5H,6H2,1-2H3,(H2,12,13). The molecule has 2 N–H and O–H groups in total. The fourth-order valence-corrected chi connectivity index (χ4v) is 1.68. The fraction of sp³-hybridized carbons (Fsp3) is 0.273. The lowest BCUT2D eigenvalue weighted by Gasteiger charge is -2.14. The van der Waals surface area contributed by atoms with Gasteiger partial charge in [-0.3, -0.25) is 4.79 Å². The molecule has 0 spiro atoms. The number of rotatable bonds is 1. The van der Waals surface area contributed by atoms with Gasteiger partial charge in [-0.2, -0.15) is 10.1 Å². The van der Waals surface area contributed by atoms with Crippen molar-refractivity contribution in [2.75, 3.05) is 5.01 Å². The van der Waals surface area contributed by atoms with Crippen LogP contribution in [0.15, 0.2) is 23.3 Å². The summed E-state index contributed by atoms with van der Waals surface area (Å²) in [6.45, 7) is 3.97. The van der Waals surface area contributed by atoms with Crippen LogP contribution in [0, 0.1) is 13.8 Å². The smallest absolute Gasteiger partial charge is 0.255 e. The molecule has 0 aromatic heterocycles. The minimum Gasteiger partial charge on any atom is -0.385 e. The van der Waals surface area contributed by atoms with Gasteiger partial charge in [0.1, 0.15) is 5.84 Å². The zero-order valence-electron chi connectivity index (χ0n) is 8.82. The monoisotopic (exact) mass is 203 g/mol. The Bertz CT molecular complexity index is 451. The highest BCUT2D eigenvalue weighted by molar-refractivity contribution is 6.11. The number of hydrogen-bond donors (Lipinski definition) is 1. The SMILES string of the molecule is Cc1ccc(N2N=C(N)CC2=O)c(C)c1. The van der Waals surface area contributed by atoms with Gasteiger partial charge in [0.2, 0.25) is 0 Å². The van der Waals surface area contributed by atoms with E-state index in [4.69, 9.17) is 5.73 Å². The molecule has 15 heavy (non-hydrogen) atoms. The molecule has 1 heterocycles. The van der Waals surface area contributed by atoms with E-state index < -0.39 is 0 Å². The minimum atomic E-state index is -0.0700. The third-order valence-corrected chi connectivity index (χ3v) is 2.38. The molecule has 1 aliphatic rings. The van der Waals surface area contributed by atoms with Crippen molar-refractivity contribution < 1.29 is 4.79 Å². The number of nitrogens with two attached hydrogens (primary N) is 1. The fourth-order valence-electron chi connectivity index (χ4n) is 1.68. The van der Waals surface area contributed by atoms with Crippen LogP contribution >= 0.6 is 0 Å². The van der Waals surface area contributed by atoms with E-state index in [-0.39, 0.29) is 12.3 Å². The maximum atomic E-state index is 11.6. The summed E-state index contributed by atoms with van der Waals surface area (Å²) in [7, 11) is 0. The second-order valence-corrected chi connectivity index (χ2v) is 3.76. The van der Waals surface area contributed by atoms with E-state index in [2.05, 4.69) is 5.10 Å². The topological polar surface area (TPSA) is 58.7 Å². The largest absolute Gasteiger partial charge is 0.385 e. The number of nitrogens with zero attached hydrogens (tertiary/aromatic N) is 2. The van der Waals surface area contributed by atoms with E-state index in [1.54, 1.807) is 0 Å². The zero-order valence-corrected chi connectivity index (χ0v) is 8.82. The van der Waals surface area contributed by atoms with Gasteiger partial charge >= 0.3 is 0 Å². The first kappa shape index (κ1) is 9.71. The molecule has 0 aliphatic carbocycles.